The second kappa shape index (κ2) is 4.51. The molecule has 0 radical (unpaired) electrons. The Balaban J connectivity index is 2.01. The van der Waals surface area contributed by atoms with Crippen LogP contribution in [0.1, 0.15) is 0 Å². The molecule has 0 aliphatic rings. The minimum Gasteiger partial charge on any atom is -0.338 e. The fourth-order valence-electron chi connectivity index (χ4n) is 1.40. The van der Waals surface area contributed by atoms with Crippen molar-refractivity contribution in [1.82, 2.24) is 20.3 Å². The summed E-state index contributed by atoms with van der Waals surface area (Å²) in [6, 6.07) is 7.59. The molecule has 1 aromatic carbocycles. The summed E-state index contributed by atoms with van der Waals surface area (Å²) in [5, 5.41) is 10.4. The molecule has 3 rings (SSSR count). The van der Waals surface area contributed by atoms with Gasteiger partial charge in [-0.05, 0) is 28.5 Å². The van der Waals surface area contributed by atoms with Gasteiger partial charge in [-0.3, -0.25) is 0 Å². The number of anilines is 2. The summed E-state index contributed by atoms with van der Waals surface area (Å²) in [5.74, 6) is 0.401. The third kappa shape index (κ3) is 2.14. The maximum Gasteiger partial charge on any atom is 0.245 e. The van der Waals surface area contributed by atoms with Gasteiger partial charge in [0, 0.05) is 10.2 Å². The predicted molar refractivity (Wildman–Crippen MR) is 69.8 cm³/mol. The van der Waals surface area contributed by atoms with Crippen molar-refractivity contribution in [3.63, 3.8) is 0 Å². The van der Waals surface area contributed by atoms with Crippen LogP contribution in [0.25, 0.3) is 11.3 Å². The van der Waals surface area contributed by atoms with Crippen molar-refractivity contribution < 1.29 is 4.63 Å². The molecule has 0 saturated heterocycles. The first-order valence-electron chi connectivity index (χ1n) is 4.91. The van der Waals surface area contributed by atoms with E-state index in [1.54, 1.807) is 0 Å². The number of benzene rings is 1. The number of nitrogens with one attached hydrogen (secondary N) is 1. The van der Waals surface area contributed by atoms with Gasteiger partial charge >= 0.3 is 0 Å². The van der Waals surface area contributed by atoms with Crippen molar-refractivity contribution in [2.45, 2.75) is 0 Å². The minimum absolute atomic E-state index is 0.207. The molecule has 0 saturated carbocycles. The highest BCUT2D eigenvalue weighted by Gasteiger charge is 2.10. The predicted octanol–water partition coefficient (Wildman–Crippen LogP) is 3.17. The summed E-state index contributed by atoms with van der Waals surface area (Å²) in [7, 11) is 0. The molecule has 0 aliphatic carbocycles. The van der Waals surface area contributed by atoms with Crippen LogP contribution in [-0.4, -0.2) is 20.3 Å². The molecule has 0 aliphatic heterocycles. The Labute approximate surface area is 114 Å². The number of hydrogen-bond donors (Lipinski definition) is 1. The van der Waals surface area contributed by atoms with Crippen molar-refractivity contribution in [3.05, 3.63) is 33.9 Å². The van der Waals surface area contributed by atoms with E-state index in [1.165, 1.54) is 0 Å². The summed E-state index contributed by atoms with van der Waals surface area (Å²) in [5.41, 5.74) is 1.41. The zero-order chi connectivity index (χ0) is 12.5. The van der Waals surface area contributed by atoms with Gasteiger partial charge in [-0.2, -0.15) is 0 Å². The zero-order valence-corrected chi connectivity index (χ0v) is 11.1. The molecule has 0 bridgehead atoms. The largest absolute Gasteiger partial charge is 0.338 e. The lowest BCUT2D eigenvalue weighted by Crippen LogP contribution is -1.97. The SMILES string of the molecule is Clc1nc2nonc2nc1Nc1cccc(Br)c1. The van der Waals surface area contributed by atoms with Gasteiger partial charge in [-0.25, -0.2) is 14.6 Å². The van der Waals surface area contributed by atoms with Crippen LogP contribution in [0, 0.1) is 0 Å². The first kappa shape index (κ1) is 11.4. The second-order valence-corrected chi connectivity index (χ2v) is 4.68. The van der Waals surface area contributed by atoms with Crippen molar-refractivity contribution in [3.8, 4) is 0 Å². The maximum absolute atomic E-state index is 5.99. The Morgan fingerprint density at radius 2 is 1.94 bits per heavy atom. The van der Waals surface area contributed by atoms with Gasteiger partial charge in [0.25, 0.3) is 0 Å². The Bertz CT molecular complexity index is 716. The zero-order valence-electron chi connectivity index (χ0n) is 8.76. The van der Waals surface area contributed by atoms with Crippen molar-refractivity contribution >= 4 is 50.3 Å². The fraction of sp³-hybridized carbons (Fsp3) is 0. The van der Waals surface area contributed by atoms with Gasteiger partial charge in [0.1, 0.15) is 0 Å². The van der Waals surface area contributed by atoms with Gasteiger partial charge in [-0.15, -0.1) is 0 Å². The first-order valence-corrected chi connectivity index (χ1v) is 6.08. The molecule has 6 nitrogen and oxygen atoms in total. The summed E-state index contributed by atoms with van der Waals surface area (Å²) < 4.78 is 5.47. The highest BCUT2D eigenvalue weighted by atomic mass is 79.9. The van der Waals surface area contributed by atoms with E-state index < -0.39 is 0 Å². The van der Waals surface area contributed by atoms with Crippen molar-refractivity contribution in [2.75, 3.05) is 5.32 Å². The topological polar surface area (TPSA) is 76.7 Å². The van der Waals surface area contributed by atoms with E-state index in [1.807, 2.05) is 24.3 Å². The Hall–Kier alpha value is -1.73. The summed E-state index contributed by atoms with van der Waals surface area (Å²) >= 11 is 9.37. The minimum atomic E-state index is 0.207. The third-order valence-corrected chi connectivity index (χ3v) is 2.92. The lowest BCUT2D eigenvalue weighted by Gasteiger charge is -2.06. The Morgan fingerprint density at radius 3 is 2.72 bits per heavy atom. The number of rotatable bonds is 2. The van der Waals surface area contributed by atoms with E-state index in [-0.39, 0.29) is 10.8 Å². The Morgan fingerprint density at radius 1 is 1.17 bits per heavy atom. The smallest absolute Gasteiger partial charge is 0.245 e. The highest BCUT2D eigenvalue weighted by molar-refractivity contribution is 9.10. The normalized spacial score (nSPS) is 10.8. The summed E-state index contributed by atoms with van der Waals surface area (Å²) in [6.45, 7) is 0. The van der Waals surface area contributed by atoms with E-state index >= 15 is 0 Å². The summed E-state index contributed by atoms with van der Waals surface area (Å²) in [4.78, 5) is 8.19. The molecular formula is C10H5BrClN5O. The Kier molecular flexibility index (Phi) is 2.85. The number of nitrogens with zero attached hydrogens (tertiary/aromatic N) is 4. The first-order chi connectivity index (χ1) is 8.72. The summed E-state index contributed by atoms with van der Waals surface area (Å²) in [6.07, 6.45) is 0. The molecule has 0 fully saturated rings. The molecule has 0 amide bonds. The molecule has 1 N–H and O–H groups in total. The molecule has 3 aromatic rings. The fourth-order valence-corrected chi connectivity index (χ4v) is 1.97. The van der Waals surface area contributed by atoms with Crippen LogP contribution in [0.5, 0.6) is 0 Å². The maximum atomic E-state index is 5.99. The van der Waals surface area contributed by atoms with E-state index in [9.17, 15) is 0 Å². The number of fused-ring (bicyclic) bond motifs is 1. The van der Waals surface area contributed by atoms with Gasteiger partial charge in [-0.1, -0.05) is 33.6 Å². The third-order valence-electron chi connectivity index (χ3n) is 2.16. The number of hydrogen-bond acceptors (Lipinski definition) is 6. The van der Waals surface area contributed by atoms with Crippen LogP contribution < -0.4 is 5.32 Å². The molecule has 0 spiro atoms. The van der Waals surface area contributed by atoms with Crippen LogP contribution in [-0.2, 0) is 0 Å². The lowest BCUT2D eigenvalue weighted by atomic mass is 10.3. The van der Waals surface area contributed by atoms with Crippen molar-refractivity contribution in [2.24, 2.45) is 0 Å². The van der Waals surface area contributed by atoms with Crippen LogP contribution >= 0.6 is 27.5 Å². The second-order valence-electron chi connectivity index (χ2n) is 3.41. The van der Waals surface area contributed by atoms with E-state index in [0.717, 1.165) is 10.2 Å². The quantitative estimate of drug-likeness (QED) is 0.779. The molecule has 0 atom stereocenters. The van der Waals surface area contributed by atoms with Crippen LogP contribution in [0.15, 0.2) is 33.4 Å². The highest BCUT2D eigenvalue weighted by Crippen LogP contribution is 2.24. The molecule has 90 valence electrons. The van der Waals surface area contributed by atoms with E-state index in [0.29, 0.717) is 11.5 Å². The standard InChI is InChI=1S/C10H5BrClN5O/c11-5-2-1-3-6(4-5)13-8-7(12)14-9-10(15-8)17-18-16-9/h1-4H,(H,13,15,17). The van der Waals surface area contributed by atoms with Crippen LogP contribution in [0.2, 0.25) is 5.15 Å². The van der Waals surface area contributed by atoms with E-state index in [2.05, 4.69) is 46.2 Å². The molecule has 8 heteroatoms. The van der Waals surface area contributed by atoms with Gasteiger partial charge in [0.2, 0.25) is 11.3 Å². The molecule has 2 aromatic heterocycles. The van der Waals surface area contributed by atoms with Crippen LogP contribution in [0.3, 0.4) is 0 Å². The number of halogens is 2. The van der Waals surface area contributed by atoms with Crippen molar-refractivity contribution in [1.29, 1.82) is 0 Å². The average Bonchev–Trinajstić information content (AvgIpc) is 2.76. The van der Waals surface area contributed by atoms with Gasteiger partial charge < -0.3 is 5.32 Å². The molecular weight excluding hydrogens is 322 g/mol. The van der Waals surface area contributed by atoms with Gasteiger partial charge in [0.15, 0.2) is 11.0 Å². The van der Waals surface area contributed by atoms with Gasteiger partial charge in [0.05, 0.1) is 0 Å². The van der Waals surface area contributed by atoms with Crippen LogP contribution in [0.4, 0.5) is 11.5 Å². The molecule has 0 unspecified atom stereocenters. The average molecular weight is 327 g/mol. The number of aromatic nitrogens is 4. The monoisotopic (exact) mass is 325 g/mol. The molecule has 2 heterocycles. The van der Waals surface area contributed by atoms with E-state index in [4.69, 9.17) is 11.6 Å². The molecule has 18 heavy (non-hydrogen) atoms. The lowest BCUT2D eigenvalue weighted by molar-refractivity contribution is 0.314.